The van der Waals surface area contributed by atoms with E-state index in [0.717, 1.165) is 16.4 Å². The van der Waals surface area contributed by atoms with Gasteiger partial charge in [0.05, 0.1) is 4.88 Å². The molecule has 2 rings (SSSR count). The van der Waals surface area contributed by atoms with Crippen LogP contribution in [0.4, 0.5) is 10.6 Å². The number of nitrogens with zero attached hydrogens (tertiary/aromatic N) is 1. The number of pyridine rings is 1. The van der Waals surface area contributed by atoms with Crippen LogP contribution in [0.15, 0.2) is 18.3 Å². The van der Waals surface area contributed by atoms with E-state index in [1.165, 1.54) is 24.2 Å². The number of hydrogen-bond donors (Lipinski definition) is 1. The first kappa shape index (κ1) is 19.1. The average molecular weight is 336 g/mol. The number of rotatable bonds is 3. The molecule has 126 valence electrons. The van der Waals surface area contributed by atoms with Crippen molar-refractivity contribution < 1.29 is 14.3 Å². The summed E-state index contributed by atoms with van der Waals surface area (Å²) in [5.74, 6) is 0.404. The Hall–Kier alpha value is -1.95. The Kier molecular flexibility index (Phi) is 7.16. The standard InChI is InChI=1S/C13H14N2O3S.C4H10/c1-13(2,3)18-12(17)15-11-5-10-8(6-14-11)4-9(7-16)19-10;1-3-4-2/h4-7H,1-3H3,(H,14,15,17);3-4H2,1-2H3. The van der Waals surface area contributed by atoms with Crippen molar-refractivity contribution in [3.63, 3.8) is 0 Å². The highest BCUT2D eigenvalue weighted by Gasteiger charge is 2.16. The first-order chi connectivity index (χ1) is 10.8. The minimum Gasteiger partial charge on any atom is -0.444 e. The Labute approximate surface area is 141 Å². The van der Waals surface area contributed by atoms with Gasteiger partial charge in [-0.25, -0.2) is 9.78 Å². The monoisotopic (exact) mass is 336 g/mol. The zero-order valence-corrected chi connectivity index (χ0v) is 15.1. The van der Waals surface area contributed by atoms with Gasteiger partial charge in [-0.15, -0.1) is 11.3 Å². The molecule has 0 atom stereocenters. The molecule has 2 aromatic rings. The van der Waals surface area contributed by atoms with E-state index in [9.17, 15) is 9.59 Å². The Morgan fingerprint density at radius 3 is 2.48 bits per heavy atom. The molecule has 0 fully saturated rings. The summed E-state index contributed by atoms with van der Waals surface area (Å²) in [6.45, 7) is 9.73. The highest BCUT2D eigenvalue weighted by atomic mass is 32.1. The maximum Gasteiger partial charge on any atom is 0.413 e. The van der Waals surface area contributed by atoms with Gasteiger partial charge in [0.2, 0.25) is 0 Å². The smallest absolute Gasteiger partial charge is 0.413 e. The number of aromatic nitrogens is 1. The maximum atomic E-state index is 11.6. The van der Waals surface area contributed by atoms with Gasteiger partial charge in [0, 0.05) is 16.3 Å². The van der Waals surface area contributed by atoms with Gasteiger partial charge in [0.15, 0.2) is 6.29 Å². The number of thiophene rings is 1. The van der Waals surface area contributed by atoms with Crippen molar-refractivity contribution in [2.75, 3.05) is 5.32 Å². The van der Waals surface area contributed by atoms with Gasteiger partial charge in [0.1, 0.15) is 11.4 Å². The van der Waals surface area contributed by atoms with Crippen molar-refractivity contribution in [2.45, 2.75) is 53.1 Å². The van der Waals surface area contributed by atoms with E-state index >= 15 is 0 Å². The number of aldehydes is 1. The largest absolute Gasteiger partial charge is 0.444 e. The molecule has 0 bridgehead atoms. The SMILES string of the molecule is CC(C)(C)OC(=O)Nc1cc2sc(C=O)cc2cn1.CCCC. The van der Waals surface area contributed by atoms with E-state index in [4.69, 9.17) is 4.74 Å². The van der Waals surface area contributed by atoms with Crippen LogP contribution in [-0.2, 0) is 4.74 Å². The van der Waals surface area contributed by atoms with Crippen molar-refractivity contribution in [1.82, 2.24) is 4.98 Å². The van der Waals surface area contributed by atoms with Gasteiger partial charge in [-0.1, -0.05) is 26.7 Å². The lowest BCUT2D eigenvalue weighted by Crippen LogP contribution is -2.27. The number of amides is 1. The Balaban J connectivity index is 0.000000593. The van der Waals surface area contributed by atoms with Crippen LogP contribution >= 0.6 is 11.3 Å². The number of fused-ring (bicyclic) bond motifs is 1. The molecule has 23 heavy (non-hydrogen) atoms. The van der Waals surface area contributed by atoms with Crippen LogP contribution in [0.2, 0.25) is 0 Å². The van der Waals surface area contributed by atoms with E-state index in [0.29, 0.717) is 10.7 Å². The van der Waals surface area contributed by atoms with Gasteiger partial charge >= 0.3 is 6.09 Å². The van der Waals surface area contributed by atoms with Crippen molar-refractivity contribution in [3.8, 4) is 0 Å². The molecular formula is C17H24N2O3S. The molecule has 6 heteroatoms. The molecule has 0 saturated carbocycles. The Morgan fingerprint density at radius 2 is 1.96 bits per heavy atom. The van der Waals surface area contributed by atoms with Gasteiger partial charge in [-0.3, -0.25) is 10.1 Å². The van der Waals surface area contributed by atoms with Crippen LogP contribution in [0, 0.1) is 0 Å². The lowest BCUT2D eigenvalue weighted by Gasteiger charge is -2.19. The molecule has 2 aromatic heterocycles. The minimum atomic E-state index is -0.554. The van der Waals surface area contributed by atoms with Gasteiger partial charge in [0.25, 0.3) is 0 Å². The number of unbranched alkanes of at least 4 members (excludes halogenated alkanes) is 1. The van der Waals surface area contributed by atoms with E-state index in [-0.39, 0.29) is 0 Å². The fourth-order valence-electron chi connectivity index (χ4n) is 1.49. The summed E-state index contributed by atoms with van der Waals surface area (Å²) in [4.78, 5) is 27.0. The number of hydrogen-bond acceptors (Lipinski definition) is 5. The topological polar surface area (TPSA) is 68.3 Å². The predicted molar refractivity (Wildman–Crippen MR) is 95.4 cm³/mol. The molecule has 2 heterocycles. The number of anilines is 1. The third-order valence-corrected chi connectivity index (χ3v) is 3.69. The highest BCUT2D eigenvalue weighted by molar-refractivity contribution is 7.20. The average Bonchev–Trinajstić information content (AvgIpc) is 2.87. The van der Waals surface area contributed by atoms with E-state index < -0.39 is 11.7 Å². The predicted octanol–water partition coefficient (Wildman–Crippen LogP) is 5.26. The molecule has 0 unspecified atom stereocenters. The lowest BCUT2D eigenvalue weighted by atomic mass is 10.2. The normalized spacial score (nSPS) is 10.7. The van der Waals surface area contributed by atoms with E-state index in [1.807, 2.05) is 0 Å². The number of carbonyl (C=O) groups is 2. The molecule has 0 aliphatic heterocycles. The quantitative estimate of drug-likeness (QED) is 0.776. The van der Waals surface area contributed by atoms with Crippen molar-refractivity contribution in [1.29, 1.82) is 0 Å². The highest BCUT2D eigenvalue weighted by Crippen LogP contribution is 2.26. The summed E-state index contributed by atoms with van der Waals surface area (Å²) in [7, 11) is 0. The summed E-state index contributed by atoms with van der Waals surface area (Å²) >= 11 is 1.35. The zero-order chi connectivity index (χ0) is 17.5. The zero-order valence-electron chi connectivity index (χ0n) is 14.3. The first-order valence-electron chi connectivity index (χ1n) is 7.63. The number of ether oxygens (including phenoxy) is 1. The fourth-order valence-corrected chi connectivity index (χ4v) is 2.38. The van der Waals surface area contributed by atoms with Crippen LogP contribution in [-0.4, -0.2) is 23.0 Å². The lowest BCUT2D eigenvalue weighted by molar-refractivity contribution is 0.0635. The van der Waals surface area contributed by atoms with Crippen LogP contribution in [0.3, 0.4) is 0 Å². The van der Waals surface area contributed by atoms with Crippen LogP contribution in [0.5, 0.6) is 0 Å². The number of carbonyl (C=O) groups excluding carboxylic acids is 2. The molecule has 1 N–H and O–H groups in total. The summed E-state index contributed by atoms with van der Waals surface area (Å²) in [6.07, 6.45) is 4.50. The molecule has 5 nitrogen and oxygen atoms in total. The molecule has 0 aromatic carbocycles. The van der Waals surface area contributed by atoms with Crippen LogP contribution < -0.4 is 5.32 Å². The summed E-state index contributed by atoms with van der Waals surface area (Å²) in [5, 5.41) is 3.44. The Bertz CT molecular complexity index is 657. The number of nitrogens with one attached hydrogen (secondary N) is 1. The minimum absolute atomic E-state index is 0.404. The van der Waals surface area contributed by atoms with E-state index in [1.54, 1.807) is 39.1 Å². The second kappa shape index (κ2) is 8.62. The summed E-state index contributed by atoms with van der Waals surface area (Å²) in [5.41, 5.74) is -0.554. The molecule has 0 radical (unpaired) electrons. The van der Waals surface area contributed by atoms with Crippen molar-refractivity contribution >= 4 is 39.6 Å². The fraction of sp³-hybridized carbons (Fsp3) is 0.471. The van der Waals surface area contributed by atoms with Crippen molar-refractivity contribution in [2.24, 2.45) is 0 Å². The third kappa shape index (κ3) is 6.78. The van der Waals surface area contributed by atoms with Crippen LogP contribution in [0.25, 0.3) is 10.1 Å². The summed E-state index contributed by atoms with van der Waals surface area (Å²) < 4.78 is 6.03. The molecule has 0 saturated heterocycles. The molecule has 0 spiro atoms. The second-order valence-corrected chi connectivity index (χ2v) is 7.12. The molecule has 0 aliphatic carbocycles. The van der Waals surface area contributed by atoms with Crippen LogP contribution in [0.1, 0.15) is 57.1 Å². The van der Waals surface area contributed by atoms with E-state index in [2.05, 4.69) is 24.1 Å². The van der Waals surface area contributed by atoms with Gasteiger partial charge < -0.3 is 4.74 Å². The first-order valence-corrected chi connectivity index (χ1v) is 8.45. The summed E-state index contributed by atoms with van der Waals surface area (Å²) in [6, 6.07) is 3.48. The van der Waals surface area contributed by atoms with Gasteiger partial charge in [-0.05, 0) is 32.9 Å². The molecule has 0 aliphatic rings. The van der Waals surface area contributed by atoms with Crippen molar-refractivity contribution in [3.05, 3.63) is 23.2 Å². The van der Waals surface area contributed by atoms with Gasteiger partial charge in [-0.2, -0.15) is 0 Å². The molecule has 1 amide bonds. The third-order valence-electron chi connectivity index (χ3n) is 2.67. The second-order valence-electron chi connectivity index (χ2n) is 6.00. The maximum absolute atomic E-state index is 11.6. The molecular weight excluding hydrogens is 312 g/mol. The Morgan fingerprint density at radius 1 is 1.30 bits per heavy atom.